The Balaban J connectivity index is 1.53. The van der Waals surface area contributed by atoms with Crippen LogP contribution in [0, 0.1) is 23.7 Å². The predicted molar refractivity (Wildman–Crippen MR) is 146 cm³/mol. The summed E-state index contributed by atoms with van der Waals surface area (Å²) >= 11 is 0. The van der Waals surface area contributed by atoms with Crippen LogP contribution in [0.5, 0.6) is 0 Å². The second-order valence-corrected chi connectivity index (χ2v) is 10.2. The molecule has 2 aromatic heterocycles. The molecule has 2 amide bonds. The molecular formula is C33H25N3O3. The van der Waals surface area contributed by atoms with Crippen molar-refractivity contribution in [1.82, 2.24) is 15.3 Å². The molecule has 190 valence electrons. The number of carbonyl (C=O) groups excluding carboxylic acids is 2. The Bertz CT molecular complexity index is 1550. The van der Waals surface area contributed by atoms with Crippen molar-refractivity contribution in [3.05, 3.63) is 149 Å². The summed E-state index contributed by atoms with van der Waals surface area (Å²) in [6.07, 6.45) is 5.41. The maximum Gasteiger partial charge on any atom is 0.231 e. The fourth-order valence-corrected chi connectivity index (χ4v) is 6.77. The first-order valence-electron chi connectivity index (χ1n) is 13.1. The highest BCUT2D eigenvalue weighted by Gasteiger charge is 2.64. The number of fused-ring (bicyclic) bond motifs is 5. The van der Waals surface area contributed by atoms with E-state index < -0.39 is 23.4 Å². The first-order chi connectivity index (χ1) is 19.1. The summed E-state index contributed by atoms with van der Waals surface area (Å²) < 4.78 is 0. The van der Waals surface area contributed by atoms with Crippen LogP contribution in [0.2, 0.25) is 0 Å². The Morgan fingerprint density at radius 1 is 0.744 bits per heavy atom. The predicted octanol–water partition coefficient (Wildman–Crippen LogP) is 4.29. The van der Waals surface area contributed by atoms with Crippen LogP contribution in [0.25, 0.3) is 5.57 Å². The lowest BCUT2D eigenvalue weighted by atomic mass is 9.71. The molecule has 6 nitrogen and oxygen atoms in total. The van der Waals surface area contributed by atoms with Gasteiger partial charge < -0.3 is 5.11 Å². The van der Waals surface area contributed by atoms with Crippen molar-refractivity contribution in [2.24, 2.45) is 23.7 Å². The molecule has 0 radical (unpaired) electrons. The molecule has 6 heteroatoms. The van der Waals surface area contributed by atoms with Gasteiger partial charge in [0.05, 0.1) is 23.2 Å². The molecule has 4 aromatic rings. The molecule has 0 unspecified atom stereocenters. The number of rotatable bonds is 5. The minimum Gasteiger partial charge on any atom is -0.375 e. The summed E-state index contributed by atoms with van der Waals surface area (Å²) in [6.45, 7) is 0. The number of nitrogens with zero attached hydrogens (tertiary/aromatic N) is 2. The quantitative estimate of drug-likeness (QED) is 0.308. The number of aliphatic hydroxyl groups is 1. The number of allylic oxidation sites excluding steroid dienone is 2. The van der Waals surface area contributed by atoms with E-state index in [0.29, 0.717) is 16.8 Å². The van der Waals surface area contributed by atoms with E-state index in [9.17, 15) is 14.7 Å². The highest BCUT2D eigenvalue weighted by molar-refractivity contribution is 6.08. The van der Waals surface area contributed by atoms with Crippen LogP contribution in [-0.4, -0.2) is 26.9 Å². The SMILES string of the molecule is O=C1NC(=O)[C@H]2[C@@H]1[C@H]1C=C([C@](O)(c3ccccc3)c3ccccn3)[C@@H]2/C1=C(/c1ccccc1)c1ccccn1. The minimum absolute atomic E-state index is 0.264. The molecule has 7 rings (SSSR count). The first kappa shape index (κ1) is 23.4. The van der Waals surface area contributed by atoms with E-state index in [1.54, 1.807) is 18.5 Å². The van der Waals surface area contributed by atoms with Crippen molar-refractivity contribution >= 4 is 17.4 Å². The number of aromatic nitrogens is 2. The number of hydrogen-bond donors (Lipinski definition) is 2. The molecule has 1 saturated carbocycles. The molecule has 3 aliphatic rings. The number of carbonyl (C=O) groups is 2. The second kappa shape index (κ2) is 8.96. The van der Waals surface area contributed by atoms with Crippen LogP contribution in [0.15, 0.2) is 127 Å². The molecule has 0 spiro atoms. The number of benzene rings is 2. The zero-order valence-corrected chi connectivity index (χ0v) is 20.9. The van der Waals surface area contributed by atoms with Gasteiger partial charge in [-0.05, 0) is 46.5 Å². The number of nitrogens with one attached hydrogen (secondary N) is 1. The second-order valence-electron chi connectivity index (χ2n) is 10.2. The van der Waals surface area contributed by atoms with Crippen molar-refractivity contribution in [3.63, 3.8) is 0 Å². The number of imide groups is 1. The largest absolute Gasteiger partial charge is 0.375 e. The van der Waals surface area contributed by atoms with Crippen molar-refractivity contribution < 1.29 is 14.7 Å². The Labute approximate surface area is 225 Å². The zero-order valence-electron chi connectivity index (χ0n) is 20.9. The monoisotopic (exact) mass is 511 g/mol. The molecule has 3 heterocycles. The van der Waals surface area contributed by atoms with E-state index in [1.165, 1.54) is 0 Å². The fourth-order valence-electron chi connectivity index (χ4n) is 6.77. The van der Waals surface area contributed by atoms with E-state index in [1.807, 2.05) is 97.1 Å². The van der Waals surface area contributed by atoms with Crippen LogP contribution in [-0.2, 0) is 15.2 Å². The van der Waals surface area contributed by atoms with Gasteiger partial charge in [0.15, 0.2) is 5.60 Å². The standard InChI is InChI=1S/C33H25N3O3/c37-31-28-22-19-23(33(39,21-13-5-2-6-14-21)25-16-8-10-18-35-25)29(30(28)32(38)36-31)27(22)26(20-11-3-1-4-12-20)24-15-7-9-17-34-24/h1-19,22,28-30,39H,(H,36,37,38)/b27-26-/t22-,28-,29+,30-,33+/m0/s1. The molecule has 1 aliphatic heterocycles. The highest BCUT2D eigenvalue weighted by Crippen LogP contribution is 2.63. The van der Waals surface area contributed by atoms with E-state index in [4.69, 9.17) is 4.98 Å². The smallest absolute Gasteiger partial charge is 0.231 e. The van der Waals surface area contributed by atoms with Crippen molar-refractivity contribution in [3.8, 4) is 0 Å². The summed E-state index contributed by atoms with van der Waals surface area (Å²) in [7, 11) is 0. The number of hydrogen-bond acceptors (Lipinski definition) is 5. The molecular weight excluding hydrogens is 486 g/mol. The molecule has 2 bridgehead atoms. The molecule has 2 aliphatic carbocycles. The lowest BCUT2D eigenvalue weighted by molar-refractivity contribution is -0.126. The third-order valence-corrected chi connectivity index (χ3v) is 8.29. The summed E-state index contributed by atoms with van der Waals surface area (Å²) in [4.78, 5) is 35.7. The summed E-state index contributed by atoms with van der Waals surface area (Å²) in [5.74, 6) is -2.62. The summed E-state index contributed by atoms with van der Waals surface area (Å²) in [6, 6.07) is 30.6. The Morgan fingerprint density at radius 3 is 2.05 bits per heavy atom. The van der Waals surface area contributed by atoms with Gasteiger partial charge >= 0.3 is 0 Å². The summed E-state index contributed by atoms with van der Waals surface area (Å²) in [5.41, 5.74) is 3.74. The molecule has 2 N–H and O–H groups in total. The van der Waals surface area contributed by atoms with Crippen LogP contribution >= 0.6 is 0 Å². The Morgan fingerprint density at radius 2 is 1.38 bits per heavy atom. The van der Waals surface area contributed by atoms with Crippen molar-refractivity contribution in [2.45, 2.75) is 5.60 Å². The van der Waals surface area contributed by atoms with Gasteiger partial charge in [-0.2, -0.15) is 0 Å². The topological polar surface area (TPSA) is 92.2 Å². The van der Waals surface area contributed by atoms with E-state index >= 15 is 0 Å². The van der Waals surface area contributed by atoms with Gasteiger partial charge in [0, 0.05) is 29.8 Å². The van der Waals surface area contributed by atoms with Crippen LogP contribution < -0.4 is 5.32 Å². The van der Waals surface area contributed by atoms with Gasteiger partial charge in [-0.25, -0.2) is 0 Å². The van der Waals surface area contributed by atoms with Gasteiger partial charge in [0.2, 0.25) is 11.8 Å². The molecule has 2 fully saturated rings. The van der Waals surface area contributed by atoms with E-state index in [-0.39, 0.29) is 17.7 Å². The third-order valence-electron chi connectivity index (χ3n) is 8.29. The van der Waals surface area contributed by atoms with E-state index in [0.717, 1.165) is 22.4 Å². The fraction of sp³-hybridized carbons (Fsp3) is 0.152. The Hall–Kier alpha value is -4.68. The van der Waals surface area contributed by atoms with E-state index in [2.05, 4.69) is 10.3 Å². The average Bonchev–Trinajstić information content (AvgIpc) is 3.63. The van der Waals surface area contributed by atoms with Gasteiger partial charge in [-0.3, -0.25) is 24.9 Å². The molecule has 2 aromatic carbocycles. The van der Waals surface area contributed by atoms with Crippen molar-refractivity contribution in [1.29, 1.82) is 0 Å². The average molecular weight is 512 g/mol. The zero-order chi connectivity index (χ0) is 26.6. The summed E-state index contributed by atoms with van der Waals surface area (Å²) in [5, 5.41) is 15.3. The van der Waals surface area contributed by atoms with Gasteiger partial charge in [-0.1, -0.05) is 78.9 Å². The minimum atomic E-state index is -1.60. The van der Waals surface area contributed by atoms with Crippen LogP contribution in [0.1, 0.15) is 22.5 Å². The van der Waals surface area contributed by atoms with Crippen LogP contribution in [0.3, 0.4) is 0 Å². The van der Waals surface area contributed by atoms with Gasteiger partial charge in [-0.15, -0.1) is 0 Å². The lowest BCUT2D eigenvalue weighted by Gasteiger charge is -2.36. The maximum absolute atomic E-state index is 13.3. The maximum atomic E-state index is 13.3. The molecule has 5 atom stereocenters. The van der Waals surface area contributed by atoms with Crippen molar-refractivity contribution in [2.75, 3.05) is 0 Å². The van der Waals surface area contributed by atoms with Crippen LogP contribution in [0.4, 0.5) is 0 Å². The normalized spacial score (nSPS) is 26.0. The van der Waals surface area contributed by atoms with Gasteiger partial charge in [0.1, 0.15) is 0 Å². The third kappa shape index (κ3) is 3.45. The molecule has 39 heavy (non-hydrogen) atoms. The highest BCUT2D eigenvalue weighted by atomic mass is 16.3. The van der Waals surface area contributed by atoms with Gasteiger partial charge in [0.25, 0.3) is 0 Å². The Kier molecular flexibility index (Phi) is 5.39. The number of pyridine rings is 2. The first-order valence-corrected chi connectivity index (χ1v) is 13.1. The number of amides is 2. The molecule has 1 saturated heterocycles. The lowest BCUT2D eigenvalue weighted by Crippen LogP contribution is -2.38.